The molecule has 1 atom stereocenters. The summed E-state index contributed by atoms with van der Waals surface area (Å²) >= 11 is 0. The van der Waals surface area contributed by atoms with Crippen LogP contribution in [-0.2, 0) is 4.79 Å². The van der Waals surface area contributed by atoms with Crippen molar-refractivity contribution >= 4 is 11.8 Å². The predicted molar refractivity (Wildman–Crippen MR) is 60.6 cm³/mol. The molecule has 2 amide bonds. The second-order valence-electron chi connectivity index (χ2n) is 3.88. The molecule has 0 bridgehead atoms. The zero-order valence-corrected chi connectivity index (χ0v) is 9.40. The summed E-state index contributed by atoms with van der Waals surface area (Å²) in [5, 5.41) is 2.66. The highest BCUT2D eigenvalue weighted by molar-refractivity contribution is 5.97. The van der Waals surface area contributed by atoms with Gasteiger partial charge >= 0.3 is 0 Å². The molecule has 2 rings (SSSR count). The average Bonchev–Trinajstić information content (AvgIpc) is 2.32. The summed E-state index contributed by atoms with van der Waals surface area (Å²) in [5.74, 6) is -0.605. The zero-order valence-electron chi connectivity index (χ0n) is 9.40. The lowest BCUT2D eigenvalue weighted by Gasteiger charge is -2.32. The number of hydrogen-bond acceptors (Lipinski definition) is 3. The molecule has 0 saturated carbocycles. The fourth-order valence-corrected chi connectivity index (χ4v) is 1.80. The fraction of sp³-hybridized carbons (Fsp3) is 0.364. The number of H-pyrrole nitrogens is 1. The van der Waals surface area contributed by atoms with Crippen molar-refractivity contribution in [2.24, 2.45) is 0 Å². The molecule has 0 spiro atoms. The van der Waals surface area contributed by atoms with Gasteiger partial charge in [-0.1, -0.05) is 0 Å². The number of carbonyl (C=O) groups excluding carboxylic acids is 2. The number of nitrogens with one attached hydrogen (secondary N) is 2. The Labute approximate surface area is 97.6 Å². The van der Waals surface area contributed by atoms with E-state index in [9.17, 15) is 14.4 Å². The lowest BCUT2D eigenvalue weighted by Crippen LogP contribution is -2.56. The Morgan fingerprint density at radius 3 is 2.94 bits per heavy atom. The van der Waals surface area contributed by atoms with E-state index in [2.05, 4.69) is 10.3 Å². The van der Waals surface area contributed by atoms with Crippen molar-refractivity contribution in [2.75, 3.05) is 13.1 Å². The molecule has 2 heterocycles. The van der Waals surface area contributed by atoms with E-state index in [1.165, 1.54) is 17.2 Å². The van der Waals surface area contributed by atoms with Crippen LogP contribution in [-0.4, -0.2) is 40.8 Å². The molecule has 90 valence electrons. The minimum absolute atomic E-state index is 0.0639. The molecule has 17 heavy (non-hydrogen) atoms. The van der Waals surface area contributed by atoms with Crippen LogP contribution in [0.1, 0.15) is 17.3 Å². The molecule has 0 aromatic carbocycles. The van der Waals surface area contributed by atoms with E-state index < -0.39 is 17.5 Å². The van der Waals surface area contributed by atoms with Crippen LogP contribution in [0.2, 0.25) is 0 Å². The standard InChI is InChI=1S/C11H13N3O3/c1-7-9(15)13-5-6-14(7)11(17)8-3-2-4-12-10(8)16/h2-4,7H,5-6H2,1H3,(H,12,16)(H,13,15). The van der Waals surface area contributed by atoms with Gasteiger partial charge in [0.2, 0.25) is 5.91 Å². The van der Waals surface area contributed by atoms with E-state index in [1.54, 1.807) is 13.0 Å². The summed E-state index contributed by atoms with van der Waals surface area (Å²) in [6.45, 7) is 2.48. The fourth-order valence-electron chi connectivity index (χ4n) is 1.80. The summed E-state index contributed by atoms with van der Waals surface area (Å²) in [4.78, 5) is 38.9. The number of hydrogen-bond donors (Lipinski definition) is 2. The van der Waals surface area contributed by atoms with Gasteiger partial charge in [-0.05, 0) is 19.1 Å². The molecule has 1 aliphatic heterocycles. The van der Waals surface area contributed by atoms with Crippen molar-refractivity contribution in [3.05, 3.63) is 34.2 Å². The van der Waals surface area contributed by atoms with Crippen LogP contribution in [0.4, 0.5) is 0 Å². The number of pyridine rings is 1. The highest BCUT2D eigenvalue weighted by atomic mass is 16.2. The van der Waals surface area contributed by atoms with Crippen LogP contribution >= 0.6 is 0 Å². The second-order valence-corrected chi connectivity index (χ2v) is 3.88. The number of carbonyl (C=O) groups is 2. The summed E-state index contributed by atoms with van der Waals surface area (Å²) in [7, 11) is 0. The molecule has 0 aliphatic carbocycles. The monoisotopic (exact) mass is 235 g/mol. The molecule has 6 heteroatoms. The third-order valence-corrected chi connectivity index (χ3v) is 2.81. The first-order valence-corrected chi connectivity index (χ1v) is 5.37. The van der Waals surface area contributed by atoms with Crippen molar-refractivity contribution in [3.63, 3.8) is 0 Å². The van der Waals surface area contributed by atoms with Gasteiger partial charge in [0.1, 0.15) is 11.6 Å². The first-order valence-electron chi connectivity index (χ1n) is 5.37. The maximum atomic E-state index is 12.1. The number of piperazine rings is 1. The van der Waals surface area contributed by atoms with Gasteiger partial charge in [0.25, 0.3) is 11.5 Å². The lowest BCUT2D eigenvalue weighted by molar-refractivity contribution is -0.127. The van der Waals surface area contributed by atoms with Gasteiger partial charge in [-0.2, -0.15) is 0 Å². The Morgan fingerprint density at radius 1 is 1.47 bits per heavy atom. The van der Waals surface area contributed by atoms with Gasteiger partial charge in [0, 0.05) is 19.3 Å². The highest BCUT2D eigenvalue weighted by Crippen LogP contribution is 2.08. The number of amides is 2. The maximum absolute atomic E-state index is 12.1. The summed E-state index contributed by atoms with van der Waals surface area (Å²) in [6.07, 6.45) is 1.46. The summed E-state index contributed by atoms with van der Waals surface area (Å²) in [6, 6.07) is 2.50. The molecular weight excluding hydrogens is 222 g/mol. The van der Waals surface area contributed by atoms with Gasteiger partial charge < -0.3 is 15.2 Å². The molecule has 1 aromatic heterocycles. The minimum Gasteiger partial charge on any atom is -0.353 e. The Balaban J connectivity index is 2.29. The van der Waals surface area contributed by atoms with Gasteiger partial charge in [-0.25, -0.2) is 0 Å². The topological polar surface area (TPSA) is 82.3 Å². The van der Waals surface area contributed by atoms with Crippen LogP contribution in [0.3, 0.4) is 0 Å². The largest absolute Gasteiger partial charge is 0.353 e. The highest BCUT2D eigenvalue weighted by Gasteiger charge is 2.30. The molecule has 0 radical (unpaired) electrons. The van der Waals surface area contributed by atoms with E-state index in [0.717, 1.165) is 0 Å². The molecule has 1 aromatic rings. The normalized spacial score (nSPS) is 19.9. The van der Waals surface area contributed by atoms with E-state index in [-0.39, 0.29) is 11.5 Å². The SMILES string of the molecule is CC1C(=O)NCCN1C(=O)c1ccc[nH]c1=O. The van der Waals surface area contributed by atoms with Crippen LogP contribution in [0.15, 0.2) is 23.1 Å². The van der Waals surface area contributed by atoms with E-state index in [4.69, 9.17) is 0 Å². The third kappa shape index (κ3) is 2.06. The Bertz CT molecular complexity index is 509. The molecule has 1 aliphatic rings. The Hall–Kier alpha value is -2.11. The van der Waals surface area contributed by atoms with E-state index >= 15 is 0 Å². The van der Waals surface area contributed by atoms with Crippen molar-refractivity contribution in [3.8, 4) is 0 Å². The zero-order chi connectivity index (χ0) is 12.4. The van der Waals surface area contributed by atoms with Gasteiger partial charge in [-0.15, -0.1) is 0 Å². The number of aromatic nitrogens is 1. The van der Waals surface area contributed by atoms with Crippen LogP contribution < -0.4 is 10.9 Å². The van der Waals surface area contributed by atoms with Gasteiger partial charge in [0.15, 0.2) is 0 Å². The maximum Gasteiger partial charge on any atom is 0.260 e. The van der Waals surface area contributed by atoms with Gasteiger partial charge in [0.05, 0.1) is 0 Å². The lowest BCUT2D eigenvalue weighted by atomic mass is 10.1. The predicted octanol–water partition coefficient (Wildman–Crippen LogP) is -0.665. The molecule has 6 nitrogen and oxygen atoms in total. The Morgan fingerprint density at radius 2 is 2.24 bits per heavy atom. The van der Waals surface area contributed by atoms with Crippen molar-refractivity contribution in [1.29, 1.82) is 0 Å². The third-order valence-electron chi connectivity index (χ3n) is 2.81. The van der Waals surface area contributed by atoms with Crippen LogP contribution in [0.25, 0.3) is 0 Å². The number of rotatable bonds is 1. The molecule has 1 fully saturated rings. The molecule has 1 unspecified atom stereocenters. The molecular formula is C11H13N3O3. The van der Waals surface area contributed by atoms with Crippen LogP contribution in [0.5, 0.6) is 0 Å². The van der Waals surface area contributed by atoms with Crippen molar-refractivity contribution in [2.45, 2.75) is 13.0 Å². The second kappa shape index (κ2) is 4.40. The summed E-state index contributed by atoms with van der Waals surface area (Å²) in [5.41, 5.74) is -0.371. The Kier molecular flexibility index (Phi) is 2.95. The quantitative estimate of drug-likeness (QED) is 0.677. The first-order chi connectivity index (χ1) is 8.11. The molecule has 1 saturated heterocycles. The first kappa shape index (κ1) is 11.4. The van der Waals surface area contributed by atoms with Gasteiger partial charge in [-0.3, -0.25) is 14.4 Å². The number of nitrogens with zero attached hydrogens (tertiary/aromatic N) is 1. The molecule has 2 N–H and O–H groups in total. The van der Waals surface area contributed by atoms with Crippen molar-refractivity contribution < 1.29 is 9.59 Å². The van der Waals surface area contributed by atoms with E-state index in [0.29, 0.717) is 13.1 Å². The van der Waals surface area contributed by atoms with E-state index in [1.807, 2.05) is 0 Å². The average molecular weight is 235 g/mol. The van der Waals surface area contributed by atoms with Crippen LogP contribution in [0, 0.1) is 0 Å². The summed E-state index contributed by atoms with van der Waals surface area (Å²) < 4.78 is 0. The number of aromatic amines is 1. The van der Waals surface area contributed by atoms with Crippen molar-refractivity contribution in [1.82, 2.24) is 15.2 Å². The minimum atomic E-state index is -0.546. The smallest absolute Gasteiger partial charge is 0.260 e.